The Labute approximate surface area is 284 Å². The number of halogens is 6. The SMILES string of the molecule is COc1ccc(-n2nnnc2C(F)(F)F)c(OC)c1CN1C[C@@H]2CNCCN2[C@H](C(c2ccccc2)c2ccccc2)C1.Cl.Cl.Cl. The van der Waals surface area contributed by atoms with E-state index in [0.717, 1.165) is 32.7 Å². The zero-order valence-corrected chi connectivity index (χ0v) is 27.7. The van der Waals surface area contributed by atoms with E-state index in [0.29, 0.717) is 22.5 Å². The van der Waals surface area contributed by atoms with Crippen molar-refractivity contribution < 1.29 is 22.6 Å². The van der Waals surface area contributed by atoms with Gasteiger partial charge in [-0.3, -0.25) is 9.80 Å². The summed E-state index contributed by atoms with van der Waals surface area (Å²) in [4.78, 5) is 4.98. The molecule has 1 N–H and O–H groups in total. The average molecular weight is 703 g/mol. The van der Waals surface area contributed by atoms with E-state index in [2.05, 4.69) is 79.2 Å². The first kappa shape index (κ1) is 37.3. The molecular formula is C31H37Cl3F3N7O2. The van der Waals surface area contributed by atoms with E-state index in [4.69, 9.17) is 9.47 Å². The van der Waals surface area contributed by atoms with Crippen LogP contribution in [0.1, 0.15) is 28.4 Å². The largest absolute Gasteiger partial charge is 0.496 e. The number of benzene rings is 3. The second-order valence-corrected chi connectivity index (χ2v) is 10.9. The fourth-order valence-corrected chi connectivity index (χ4v) is 6.59. The number of rotatable bonds is 8. The van der Waals surface area contributed by atoms with Crippen LogP contribution in [0.2, 0.25) is 0 Å². The van der Waals surface area contributed by atoms with Gasteiger partial charge in [0, 0.05) is 57.3 Å². The Kier molecular flexibility index (Phi) is 13.1. The maximum absolute atomic E-state index is 13.7. The molecule has 2 aliphatic rings. The summed E-state index contributed by atoms with van der Waals surface area (Å²) in [5, 5.41) is 13.7. The van der Waals surface area contributed by atoms with Crippen LogP contribution in [-0.4, -0.2) is 89.0 Å². The normalized spacial score (nSPS) is 18.5. The molecule has 250 valence electrons. The van der Waals surface area contributed by atoms with Crippen molar-refractivity contribution in [1.82, 2.24) is 35.3 Å². The van der Waals surface area contributed by atoms with E-state index in [1.54, 1.807) is 13.2 Å². The van der Waals surface area contributed by atoms with Crippen molar-refractivity contribution in [2.75, 3.05) is 46.9 Å². The lowest BCUT2D eigenvalue weighted by Crippen LogP contribution is -2.66. The maximum Gasteiger partial charge on any atom is 0.453 e. The molecule has 0 bridgehead atoms. The van der Waals surface area contributed by atoms with E-state index in [1.165, 1.54) is 24.3 Å². The molecule has 2 fully saturated rings. The van der Waals surface area contributed by atoms with E-state index in [-0.39, 0.29) is 66.7 Å². The molecule has 2 saturated heterocycles. The number of alkyl halides is 3. The van der Waals surface area contributed by atoms with Gasteiger partial charge in [0.25, 0.3) is 5.82 Å². The molecule has 1 aromatic heterocycles. The van der Waals surface area contributed by atoms with Crippen LogP contribution < -0.4 is 14.8 Å². The number of nitrogens with one attached hydrogen (secondary N) is 1. The smallest absolute Gasteiger partial charge is 0.453 e. The number of hydrogen-bond acceptors (Lipinski definition) is 8. The third-order valence-corrected chi connectivity index (χ3v) is 8.39. The molecule has 0 aliphatic carbocycles. The second kappa shape index (κ2) is 16.1. The summed E-state index contributed by atoms with van der Waals surface area (Å²) >= 11 is 0. The van der Waals surface area contributed by atoms with Crippen LogP contribution >= 0.6 is 37.2 Å². The highest BCUT2D eigenvalue weighted by atomic mass is 35.5. The molecular weight excluding hydrogens is 666 g/mol. The molecule has 0 spiro atoms. The van der Waals surface area contributed by atoms with E-state index < -0.39 is 12.0 Å². The summed E-state index contributed by atoms with van der Waals surface area (Å²) < 4.78 is 53.3. The van der Waals surface area contributed by atoms with Gasteiger partial charge in [0.15, 0.2) is 5.75 Å². The lowest BCUT2D eigenvalue weighted by atomic mass is 9.81. The lowest BCUT2D eigenvalue weighted by Gasteiger charge is -2.52. The highest BCUT2D eigenvalue weighted by Crippen LogP contribution is 2.40. The van der Waals surface area contributed by atoms with Gasteiger partial charge in [-0.1, -0.05) is 60.7 Å². The number of ether oxygens (including phenoxy) is 2. The molecule has 9 nitrogen and oxygen atoms in total. The minimum atomic E-state index is -4.74. The zero-order valence-electron chi connectivity index (χ0n) is 25.3. The lowest BCUT2D eigenvalue weighted by molar-refractivity contribution is -0.146. The molecule has 3 heterocycles. The monoisotopic (exact) mass is 701 g/mol. The van der Waals surface area contributed by atoms with E-state index >= 15 is 0 Å². The van der Waals surface area contributed by atoms with E-state index in [1.807, 2.05) is 12.1 Å². The van der Waals surface area contributed by atoms with Gasteiger partial charge in [-0.25, -0.2) is 0 Å². The molecule has 0 unspecified atom stereocenters. The minimum absolute atomic E-state index is 0. The molecule has 4 aromatic rings. The predicted octanol–water partition coefficient (Wildman–Crippen LogP) is 5.25. The second-order valence-electron chi connectivity index (χ2n) is 10.9. The fourth-order valence-electron chi connectivity index (χ4n) is 6.59. The predicted molar refractivity (Wildman–Crippen MR) is 176 cm³/mol. The van der Waals surface area contributed by atoms with Crippen molar-refractivity contribution in [3.8, 4) is 17.2 Å². The number of piperazine rings is 2. The van der Waals surface area contributed by atoms with Gasteiger partial charge in [-0.05, 0) is 33.7 Å². The molecule has 15 heteroatoms. The van der Waals surface area contributed by atoms with Crippen LogP contribution in [0.15, 0.2) is 72.8 Å². The standard InChI is InChI=1S/C31H34F3N7O2.3ClH/c1-42-27-14-13-25(41-30(31(32,33)34)36-37-38-41)29(43-2)24(27)19-39-18-23-17-35-15-16-40(23)26(20-39)28(21-9-5-3-6-10-21)22-11-7-4-8-12-22;;;/h3-14,23,26,28,35H,15-20H2,1-2H3;3*1H/t23-,26-;;;/m0.../s1. The Morgan fingerprint density at radius 2 is 1.54 bits per heavy atom. The van der Waals surface area contributed by atoms with Crippen LogP contribution in [0, 0.1) is 0 Å². The number of fused-ring (bicyclic) bond motifs is 1. The van der Waals surface area contributed by atoms with Crippen molar-refractivity contribution in [3.63, 3.8) is 0 Å². The van der Waals surface area contributed by atoms with Crippen LogP contribution in [0.4, 0.5) is 13.2 Å². The van der Waals surface area contributed by atoms with Crippen LogP contribution in [0.25, 0.3) is 5.69 Å². The van der Waals surface area contributed by atoms with Gasteiger partial charge in [-0.15, -0.1) is 42.3 Å². The number of nitrogens with zero attached hydrogens (tertiary/aromatic N) is 6. The summed E-state index contributed by atoms with van der Waals surface area (Å²) in [5.74, 6) is -0.347. The zero-order chi connectivity index (χ0) is 30.0. The molecule has 2 aliphatic heterocycles. The Morgan fingerprint density at radius 1 is 0.891 bits per heavy atom. The molecule has 0 amide bonds. The number of aromatic nitrogens is 4. The first-order chi connectivity index (χ1) is 20.9. The Hall–Kier alpha value is -3.13. The third-order valence-electron chi connectivity index (χ3n) is 8.39. The van der Waals surface area contributed by atoms with Gasteiger partial charge in [0.05, 0.1) is 19.8 Å². The fraction of sp³-hybridized carbons (Fsp3) is 0.387. The Morgan fingerprint density at radius 3 is 2.13 bits per heavy atom. The molecule has 0 saturated carbocycles. The summed E-state index contributed by atoms with van der Waals surface area (Å²) in [6, 6.07) is 24.7. The first-order valence-corrected chi connectivity index (χ1v) is 14.3. The Balaban J connectivity index is 0.00000192. The number of tetrazole rings is 1. The van der Waals surface area contributed by atoms with Crippen LogP contribution in [-0.2, 0) is 12.7 Å². The van der Waals surface area contributed by atoms with Crippen molar-refractivity contribution in [2.24, 2.45) is 0 Å². The minimum Gasteiger partial charge on any atom is -0.496 e. The number of hydrogen-bond donors (Lipinski definition) is 1. The molecule has 6 rings (SSSR count). The molecule has 3 aromatic carbocycles. The third kappa shape index (κ3) is 7.53. The average Bonchev–Trinajstić information content (AvgIpc) is 3.53. The Bertz CT molecular complexity index is 1490. The summed E-state index contributed by atoms with van der Waals surface area (Å²) in [6.45, 7) is 4.61. The van der Waals surface area contributed by atoms with Gasteiger partial charge in [-0.2, -0.15) is 17.9 Å². The van der Waals surface area contributed by atoms with Crippen molar-refractivity contribution >= 4 is 37.2 Å². The number of methoxy groups -OCH3 is 2. The molecule has 46 heavy (non-hydrogen) atoms. The molecule has 0 radical (unpaired) electrons. The van der Waals surface area contributed by atoms with Crippen molar-refractivity contribution in [1.29, 1.82) is 0 Å². The summed E-state index contributed by atoms with van der Waals surface area (Å²) in [5.41, 5.74) is 3.22. The van der Waals surface area contributed by atoms with E-state index in [9.17, 15) is 13.2 Å². The van der Waals surface area contributed by atoms with Gasteiger partial charge in [0.1, 0.15) is 11.4 Å². The van der Waals surface area contributed by atoms with Gasteiger partial charge in [0.2, 0.25) is 0 Å². The van der Waals surface area contributed by atoms with Crippen LogP contribution in [0.3, 0.4) is 0 Å². The first-order valence-electron chi connectivity index (χ1n) is 14.3. The van der Waals surface area contributed by atoms with Crippen LogP contribution in [0.5, 0.6) is 11.5 Å². The van der Waals surface area contributed by atoms with Crippen molar-refractivity contribution in [3.05, 3.63) is 95.3 Å². The quantitative estimate of drug-likeness (QED) is 0.267. The molecule has 2 atom stereocenters. The van der Waals surface area contributed by atoms with Gasteiger partial charge < -0.3 is 14.8 Å². The van der Waals surface area contributed by atoms with Crippen molar-refractivity contribution in [2.45, 2.75) is 30.7 Å². The topological polar surface area (TPSA) is 80.6 Å². The highest BCUT2D eigenvalue weighted by Gasteiger charge is 2.42. The summed E-state index contributed by atoms with van der Waals surface area (Å²) in [7, 11) is 2.98. The van der Waals surface area contributed by atoms with Gasteiger partial charge >= 0.3 is 6.18 Å². The highest BCUT2D eigenvalue weighted by molar-refractivity contribution is 5.86. The maximum atomic E-state index is 13.7. The summed E-state index contributed by atoms with van der Waals surface area (Å²) in [6.07, 6.45) is -4.74.